The molecule has 2 aromatic heterocycles. The molecule has 118 valence electrons. The van der Waals surface area contributed by atoms with Crippen molar-refractivity contribution in [1.29, 1.82) is 0 Å². The molecular formula is C15H11F3N4O. The van der Waals surface area contributed by atoms with Crippen LogP contribution in [0.4, 0.5) is 13.2 Å². The Labute approximate surface area is 129 Å². The summed E-state index contributed by atoms with van der Waals surface area (Å²) >= 11 is 0. The second-order valence-corrected chi connectivity index (χ2v) is 4.71. The minimum Gasteiger partial charge on any atom is -0.390 e. The second-order valence-electron chi connectivity index (χ2n) is 4.71. The third-order valence-electron chi connectivity index (χ3n) is 3.24. The summed E-state index contributed by atoms with van der Waals surface area (Å²) in [4.78, 5) is 4.18. The molecule has 3 aromatic rings. The van der Waals surface area contributed by atoms with Crippen molar-refractivity contribution in [3.63, 3.8) is 0 Å². The Kier molecular flexibility index (Phi) is 3.83. The fourth-order valence-corrected chi connectivity index (χ4v) is 2.15. The fourth-order valence-electron chi connectivity index (χ4n) is 2.15. The Morgan fingerprint density at radius 1 is 1.04 bits per heavy atom. The van der Waals surface area contributed by atoms with Crippen LogP contribution < -0.4 is 0 Å². The SMILES string of the molecule is OCc1nnn(-c2ccc(C(F)(F)F)cc2)c1-c1ccccn1. The molecule has 0 saturated carbocycles. The van der Waals surface area contributed by atoms with Gasteiger partial charge in [0.2, 0.25) is 0 Å². The van der Waals surface area contributed by atoms with Crippen molar-refractivity contribution in [2.45, 2.75) is 12.8 Å². The van der Waals surface area contributed by atoms with E-state index in [9.17, 15) is 18.3 Å². The van der Waals surface area contributed by atoms with Gasteiger partial charge in [-0.2, -0.15) is 13.2 Å². The van der Waals surface area contributed by atoms with E-state index >= 15 is 0 Å². The van der Waals surface area contributed by atoms with Crippen molar-refractivity contribution in [3.8, 4) is 17.1 Å². The van der Waals surface area contributed by atoms with Crippen LogP contribution in [0.5, 0.6) is 0 Å². The van der Waals surface area contributed by atoms with Crippen molar-refractivity contribution < 1.29 is 18.3 Å². The number of nitrogens with zero attached hydrogens (tertiary/aromatic N) is 4. The van der Waals surface area contributed by atoms with Crippen LogP contribution in [0.2, 0.25) is 0 Å². The van der Waals surface area contributed by atoms with Crippen molar-refractivity contribution in [1.82, 2.24) is 20.0 Å². The van der Waals surface area contributed by atoms with E-state index in [0.29, 0.717) is 22.8 Å². The first-order valence-electron chi connectivity index (χ1n) is 6.65. The third-order valence-corrected chi connectivity index (χ3v) is 3.24. The number of aliphatic hydroxyl groups excluding tert-OH is 1. The summed E-state index contributed by atoms with van der Waals surface area (Å²) in [6.45, 7) is -0.355. The molecule has 0 amide bonds. The number of hydrogen-bond donors (Lipinski definition) is 1. The van der Waals surface area contributed by atoms with Gasteiger partial charge in [-0.05, 0) is 36.4 Å². The van der Waals surface area contributed by atoms with Crippen LogP contribution in [0.3, 0.4) is 0 Å². The summed E-state index contributed by atoms with van der Waals surface area (Å²) in [6.07, 6.45) is -2.83. The van der Waals surface area contributed by atoms with Gasteiger partial charge in [0.15, 0.2) is 0 Å². The number of hydrogen-bond acceptors (Lipinski definition) is 4. The lowest BCUT2D eigenvalue weighted by atomic mass is 10.2. The van der Waals surface area contributed by atoms with E-state index in [2.05, 4.69) is 15.3 Å². The molecule has 1 N–H and O–H groups in total. The molecular weight excluding hydrogens is 309 g/mol. The lowest BCUT2D eigenvalue weighted by Crippen LogP contribution is -2.06. The first-order valence-corrected chi connectivity index (χ1v) is 6.65. The number of benzene rings is 1. The number of pyridine rings is 1. The number of halogens is 3. The van der Waals surface area contributed by atoms with Crippen LogP contribution in [0.15, 0.2) is 48.7 Å². The molecule has 23 heavy (non-hydrogen) atoms. The van der Waals surface area contributed by atoms with E-state index in [1.54, 1.807) is 24.4 Å². The lowest BCUT2D eigenvalue weighted by Gasteiger charge is -2.09. The fraction of sp³-hybridized carbons (Fsp3) is 0.133. The third kappa shape index (κ3) is 2.93. The van der Waals surface area contributed by atoms with Gasteiger partial charge < -0.3 is 5.11 Å². The average molecular weight is 320 g/mol. The van der Waals surface area contributed by atoms with Crippen LogP contribution in [-0.2, 0) is 12.8 Å². The van der Waals surface area contributed by atoms with E-state index in [-0.39, 0.29) is 6.61 Å². The van der Waals surface area contributed by atoms with Gasteiger partial charge in [-0.3, -0.25) is 4.98 Å². The Morgan fingerprint density at radius 2 is 1.78 bits per heavy atom. The molecule has 0 aliphatic heterocycles. The van der Waals surface area contributed by atoms with Gasteiger partial charge in [-0.25, -0.2) is 4.68 Å². The monoisotopic (exact) mass is 320 g/mol. The zero-order valence-corrected chi connectivity index (χ0v) is 11.7. The van der Waals surface area contributed by atoms with Gasteiger partial charge in [0.1, 0.15) is 11.4 Å². The Hall–Kier alpha value is -2.74. The van der Waals surface area contributed by atoms with Crippen molar-refractivity contribution in [2.75, 3.05) is 0 Å². The standard InChI is InChI=1S/C15H11F3N4O/c16-15(17,18)10-4-6-11(7-5-10)22-14(13(9-23)20-21-22)12-3-1-2-8-19-12/h1-8,23H,9H2. The van der Waals surface area contributed by atoms with Crippen molar-refractivity contribution >= 4 is 0 Å². The molecule has 0 radical (unpaired) electrons. The summed E-state index contributed by atoms with van der Waals surface area (Å²) in [6, 6.07) is 9.73. The Bertz CT molecular complexity index is 798. The van der Waals surface area contributed by atoms with E-state index in [1.807, 2.05) is 0 Å². The summed E-state index contributed by atoms with van der Waals surface area (Å²) < 4.78 is 39.3. The van der Waals surface area contributed by atoms with Gasteiger partial charge in [-0.15, -0.1) is 5.10 Å². The van der Waals surface area contributed by atoms with Gasteiger partial charge in [0.25, 0.3) is 0 Å². The van der Waals surface area contributed by atoms with E-state index in [4.69, 9.17) is 0 Å². The molecule has 1 aromatic carbocycles. The maximum absolute atomic E-state index is 12.6. The summed E-state index contributed by atoms with van der Waals surface area (Å²) in [5.74, 6) is 0. The number of alkyl halides is 3. The predicted octanol–water partition coefficient (Wildman–Crippen LogP) is 2.84. The van der Waals surface area contributed by atoms with Crippen LogP contribution in [0.1, 0.15) is 11.3 Å². The van der Waals surface area contributed by atoms with Crippen LogP contribution in [-0.4, -0.2) is 25.1 Å². The van der Waals surface area contributed by atoms with Gasteiger partial charge >= 0.3 is 6.18 Å². The molecule has 3 rings (SSSR count). The van der Waals surface area contributed by atoms with Crippen LogP contribution >= 0.6 is 0 Å². The molecule has 0 saturated heterocycles. The second kappa shape index (κ2) is 5.81. The normalized spacial score (nSPS) is 11.7. The van der Waals surface area contributed by atoms with Crippen molar-refractivity contribution in [2.24, 2.45) is 0 Å². The summed E-state index contributed by atoms with van der Waals surface area (Å²) in [5, 5.41) is 17.2. The minimum atomic E-state index is -4.40. The summed E-state index contributed by atoms with van der Waals surface area (Å²) in [7, 11) is 0. The quantitative estimate of drug-likeness (QED) is 0.806. The van der Waals surface area contributed by atoms with Gasteiger partial charge in [-0.1, -0.05) is 11.3 Å². The number of aliphatic hydroxyl groups is 1. The Morgan fingerprint density at radius 3 is 2.35 bits per heavy atom. The predicted molar refractivity (Wildman–Crippen MR) is 75.5 cm³/mol. The van der Waals surface area contributed by atoms with E-state index < -0.39 is 11.7 Å². The van der Waals surface area contributed by atoms with Crippen LogP contribution in [0, 0.1) is 0 Å². The molecule has 0 atom stereocenters. The van der Waals surface area contributed by atoms with E-state index in [1.165, 1.54) is 16.8 Å². The molecule has 0 aliphatic carbocycles. The van der Waals surface area contributed by atoms with Crippen molar-refractivity contribution in [3.05, 3.63) is 59.9 Å². The highest BCUT2D eigenvalue weighted by Gasteiger charge is 2.30. The smallest absolute Gasteiger partial charge is 0.390 e. The average Bonchev–Trinajstić information content (AvgIpc) is 2.99. The topological polar surface area (TPSA) is 63.8 Å². The Balaban J connectivity index is 2.09. The van der Waals surface area contributed by atoms with Crippen LogP contribution in [0.25, 0.3) is 17.1 Å². The zero-order chi connectivity index (χ0) is 16.4. The van der Waals surface area contributed by atoms with E-state index in [0.717, 1.165) is 12.1 Å². The number of rotatable bonds is 3. The zero-order valence-electron chi connectivity index (χ0n) is 11.7. The highest BCUT2D eigenvalue weighted by atomic mass is 19.4. The molecule has 5 nitrogen and oxygen atoms in total. The maximum atomic E-state index is 12.6. The molecule has 8 heteroatoms. The molecule has 0 aliphatic rings. The maximum Gasteiger partial charge on any atom is 0.416 e. The summed E-state index contributed by atoms with van der Waals surface area (Å²) in [5.41, 5.74) is 0.895. The minimum absolute atomic E-state index is 0.295. The molecule has 2 heterocycles. The molecule has 0 spiro atoms. The highest BCUT2D eigenvalue weighted by molar-refractivity contribution is 5.60. The molecule has 0 unspecified atom stereocenters. The molecule has 0 bridgehead atoms. The first-order chi connectivity index (χ1) is 11.0. The number of aromatic nitrogens is 4. The highest BCUT2D eigenvalue weighted by Crippen LogP contribution is 2.30. The first kappa shape index (κ1) is 15.2. The van der Waals surface area contributed by atoms with Gasteiger partial charge in [0, 0.05) is 6.20 Å². The largest absolute Gasteiger partial charge is 0.416 e. The van der Waals surface area contributed by atoms with Gasteiger partial charge in [0.05, 0.1) is 23.6 Å². The lowest BCUT2D eigenvalue weighted by molar-refractivity contribution is -0.137. The molecule has 0 fully saturated rings.